The van der Waals surface area contributed by atoms with Crippen molar-refractivity contribution in [2.24, 2.45) is 0 Å². The Morgan fingerprint density at radius 2 is 1.88 bits per heavy atom. The second-order valence-electron chi connectivity index (χ2n) is 5.72. The number of nitrogens with one attached hydrogen (secondary N) is 2. The van der Waals surface area contributed by atoms with Gasteiger partial charge in [-0.1, -0.05) is 43.3 Å². The summed E-state index contributed by atoms with van der Waals surface area (Å²) in [4.78, 5) is 11.9. The molecule has 2 aromatic rings. The fourth-order valence-corrected chi connectivity index (χ4v) is 2.77. The van der Waals surface area contributed by atoms with Gasteiger partial charge in [0.25, 0.3) is 0 Å². The Bertz CT molecular complexity index is 732. The molecule has 0 aromatic heterocycles. The van der Waals surface area contributed by atoms with Crippen LogP contribution in [0.3, 0.4) is 0 Å². The number of thiocarbonyl (C=S) groups is 1. The van der Waals surface area contributed by atoms with Crippen LogP contribution in [0.1, 0.15) is 47.8 Å². The number of carbonyl (C=O) groups is 1. The van der Waals surface area contributed by atoms with Crippen LogP contribution in [-0.2, 0) is 4.74 Å². The number of rotatable bonds is 6. The summed E-state index contributed by atoms with van der Waals surface area (Å²) < 4.78 is 5.05. The average molecular weight is 356 g/mol. The number of esters is 1. The van der Waals surface area contributed by atoms with E-state index in [0.717, 1.165) is 17.7 Å². The van der Waals surface area contributed by atoms with Crippen LogP contribution in [0.15, 0.2) is 48.5 Å². The van der Waals surface area contributed by atoms with Crippen LogP contribution in [-0.4, -0.2) is 17.7 Å². The second kappa shape index (κ2) is 9.18. The summed E-state index contributed by atoms with van der Waals surface area (Å²) in [5.41, 5.74) is 3.50. The lowest BCUT2D eigenvalue weighted by Gasteiger charge is -2.21. The van der Waals surface area contributed by atoms with Gasteiger partial charge >= 0.3 is 5.97 Å². The number of hydrogen-bond donors (Lipinski definition) is 2. The lowest BCUT2D eigenvalue weighted by molar-refractivity contribution is 0.0526. The minimum atomic E-state index is -0.333. The van der Waals surface area contributed by atoms with Gasteiger partial charge in [-0.05, 0) is 55.7 Å². The number of carbonyl (C=O) groups excluding carboxylic acids is 1. The molecule has 0 saturated carbocycles. The highest BCUT2D eigenvalue weighted by molar-refractivity contribution is 7.80. The third-order valence-corrected chi connectivity index (χ3v) is 4.13. The molecule has 2 N–H and O–H groups in total. The van der Waals surface area contributed by atoms with Crippen molar-refractivity contribution < 1.29 is 9.53 Å². The third kappa shape index (κ3) is 5.29. The zero-order chi connectivity index (χ0) is 18.2. The first kappa shape index (κ1) is 18.9. The van der Waals surface area contributed by atoms with Gasteiger partial charge in [-0.3, -0.25) is 0 Å². The minimum Gasteiger partial charge on any atom is -0.462 e. The van der Waals surface area contributed by atoms with Gasteiger partial charge in [0, 0.05) is 5.69 Å². The molecule has 5 heteroatoms. The topological polar surface area (TPSA) is 50.4 Å². The molecule has 1 atom stereocenters. The van der Waals surface area contributed by atoms with Gasteiger partial charge in [0.1, 0.15) is 0 Å². The summed E-state index contributed by atoms with van der Waals surface area (Å²) in [7, 11) is 0. The van der Waals surface area contributed by atoms with Crippen molar-refractivity contribution in [3.63, 3.8) is 0 Å². The van der Waals surface area contributed by atoms with E-state index in [1.54, 1.807) is 19.1 Å². The van der Waals surface area contributed by atoms with Crippen LogP contribution in [0.2, 0.25) is 0 Å². The third-order valence-electron chi connectivity index (χ3n) is 3.91. The molecule has 0 fully saturated rings. The Labute approximate surface area is 154 Å². The van der Waals surface area contributed by atoms with Gasteiger partial charge in [-0.25, -0.2) is 4.79 Å². The first-order valence-electron chi connectivity index (χ1n) is 8.45. The first-order valence-corrected chi connectivity index (χ1v) is 8.86. The summed E-state index contributed by atoms with van der Waals surface area (Å²) >= 11 is 5.46. The van der Waals surface area contributed by atoms with E-state index in [4.69, 9.17) is 17.0 Å². The lowest BCUT2D eigenvalue weighted by Crippen LogP contribution is -2.32. The van der Waals surface area contributed by atoms with Crippen molar-refractivity contribution in [2.45, 2.75) is 33.2 Å². The molecule has 0 amide bonds. The molecule has 2 rings (SSSR count). The van der Waals surface area contributed by atoms with Gasteiger partial charge in [0.05, 0.1) is 18.2 Å². The van der Waals surface area contributed by atoms with E-state index in [0.29, 0.717) is 17.3 Å². The molecule has 25 heavy (non-hydrogen) atoms. The fourth-order valence-electron chi connectivity index (χ4n) is 2.52. The van der Waals surface area contributed by atoms with Crippen molar-refractivity contribution in [1.29, 1.82) is 0 Å². The molecule has 4 nitrogen and oxygen atoms in total. The highest BCUT2D eigenvalue weighted by Crippen LogP contribution is 2.19. The Balaban J connectivity index is 2.09. The summed E-state index contributed by atoms with van der Waals surface area (Å²) in [6, 6.07) is 15.7. The molecule has 0 saturated heterocycles. The predicted molar refractivity (Wildman–Crippen MR) is 106 cm³/mol. The normalized spacial score (nSPS) is 11.5. The average Bonchev–Trinajstić information content (AvgIpc) is 2.62. The number of aryl methyl sites for hydroxylation is 1. The lowest BCUT2D eigenvalue weighted by atomic mass is 10.1. The minimum absolute atomic E-state index is 0.134. The second-order valence-corrected chi connectivity index (χ2v) is 6.13. The molecule has 0 radical (unpaired) electrons. The molecular formula is C20H24N2O2S. The van der Waals surface area contributed by atoms with Gasteiger partial charge in [-0.2, -0.15) is 0 Å². The standard InChI is InChI=1S/C20H24N2O2S/c1-4-17(15-9-7-6-8-10-15)21-20(25)22-18-13-16(12-11-14(18)3)19(23)24-5-2/h6-13,17H,4-5H2,1-3H3,(H2,21,22,25)/t17-/m0/s1. The number of anilines is 1. The smallest absolute Gasteiger partial charge is 0.338 e. The SMILES string of the molecule is CCOC(=O)c1ccc(C)c(NC(=S)N[C@@H](CC)c2ccccc2)c1. The Kier molecular flexibility index (Phi) is 6.95. The molecule has 0 aliphatic rings. The number of benzene rings is 2. The Morgan fingerprint density at radius 3 is 2.52 bits per heavy atom. The first-order chi connectivity index (χ1) is 12.0. The molecule has 0 heterocycles. The van der Waals surface area contributed by atoms with Crippen LogP contribution in [0.25, 0.3) is 0 Å². The summed E-state index contributed by atoms with van der Waals surface area (Å²) in [6.07, 6.45) is 0.910. The van der Waals surface area contributed by atoms with Crippen molar-refractivity contribution in [3.05, 3.63) is 65.2 Å². The molecule has 0 bridgehead atoms. The van der Waals surface area contributed by atoms with Gasteiger partial charge in [0.2, 0.25) is 0 Å². The highest BCUT2D eigenvalue weighted by Gasteiger charge is 2.13. The molecule has 0 aliphatic heterocycles. The van der Waals surface area contributed by atoms with E-state index in [1.165, 1.54) is 5.56 Å². The van der Waals surface area contributed by atoms with E-state index < -0.39 is 0 Å². The molecule has 0 spiro atoms. The van der Waals surface area contributed by atoms with Crippen LogP contribution in [0, 0.1) is 6.92 Å². The summed E-state index contributed by atoms with van der Waals surface area (Å²) in [6.45, 7) is 6.22. The quantitative estimate of drug-likeness (QED) is 0.585. The number of ether oxygens (including phenoxy) is 1. The Morgan fingerprint density at radius 1 is 1.16 bits per heavy atom. The van der Waals surface area contributed by atoms with Crippen molar-refractivity contribution in [1.82, 2.24) is 5.32 Å². The molecule has 0 aliphatic carbocycles. The van der Waals surface area contributed by atoms with Gasteiger partial charge in [-0.15, -0.1) is 0 Å². The van der Waals surface area contributed by atoms with Gasteiger partial charge < -0.3 is 15.4 Å². The molecular weight excluding hydrogens is 332 g/mol. The van der Waals surface area contributed by atoms with Gasteiger partial charge in [0.15, 0.2) is 5.11 Å². The maximum atomic E-state index is 11.9. The summed E-state index contributed by atoms with van der Waals surface area (Å²) in [5.74, 6) is -0.333. The maximum absolute atomic E-state index is 11.9. The van der Waals surface area contributed by atoms with Crippen LogP contribution >= 0.6 is 12.2 Å². The van der Waals surface area contributed by atoms with Crippen molar-refractivity contribution in [3.8, 4) is 0 Å². The van der Waals surface area contributed by atoms with Crippen molar-refractivity contribution >= 4 is 29.0 Å². The van der Waals surface area contributed by atoms with Crippen LogP contribution in [0.5, 0.6) is 0 Å². The van der Waals surface area contributed by atoms with E-state index in [2.05, 4.69) is 29.7 Å². The zero-order valence-electron chi connectivity index (χ0n) is 14.8. The van der Waals surface area contributed by atoms with Crippen molar-refractivity contribution in [2.75, 3.05) is 11.9 Å². The molecule has 0 unspecified atom stereocenters. The van der Waals surface area contributed by atoms with Crippen LogP contribution in [0.4, 0.5) is 5.69 Å². The summed E-state index contributed by atoms with van der Waals surface area (Å²) in [5, 5.41) is 7.06. The predicted octanol–water partition coefficient (Wildman–Crippen LogP) is 4.61. The number of hydrogen-bond acceptors (Lipinski definition) is 3. The fraction of sp³-hybridized carbons (Fsp3) is 0.300. The molecule has 2 aromatic carbocycles. The molecule has 132 valence electrons. The Hall–Kier alpha value is -2.40. The van der Waals surface area contributed by atoms with E-state index >= 15 is 0 Å². The van der Waals surface area contributed by atoms with E-state index in [1.807, 2.05) is 31.2 Å². The largest absolute Gasteiger partial charge is 0.462 e. The highest BCUT2D eigenvalue weighted by atomic mass is 32.1. The van der Waals surface area contributed by atoms with E-state index in [-0.39, 0.29) is 12.0 Å². The monoisotopic (exact) mass is 356 g/mol. The zero-order valence-corrected chi connectivity index (χ0v) is 15.7. The van der Waals surface area contributed by atoms with Crippen LogP contribution < -0.4 is 10.6 Å². The van der Waals surface area contributed by atoms with E-state index in [9.17, 15) is 4.79 Å². The maximum Gasteiger partial charge on any atom is 0.338 e.